The molecule has 53 heavy (non-hydrogen) atoms. The first-order valence-electron chi connectivity index (χ1n) is 23.5. The zero-order chi connectivity index (χ0) is 37.6. The Morgan fingerprint density at radius 1 is 0.321 bits per heavy atom. The van der Waals surface area contributed by atoms with Crippen LogP contribution in [0.2, 0.25) is 0 Å². The van der Waals surface area contributed by atoms with Crippen LogP contribution in [-0.4, -0.2) is 17.6 Å². The normalized spacial score (nSPS) is 12.1. The van der Waals surface area contributed by atoms with Gasteiger partial charge in [0.25, 0.3) is 0 Å². The first-order chi connectivity index (χ1) is 26.3. The summed E-state index contributed by atoms with van der Waals surface area (Å²) in [4.78, 5) is 0. The van der Waals surface area contributed by atoms with Gasteiger partial charge in [-0.3, -0.25) is 0 Å². The standard InChI is InChI=1S/C52H88N/c1-3-5-7-9-11-13-15-17-19-21-23-25-27-29-31-33-41-47-53(49-51-43-37-35-38-44-51,50-52-45-39-36-40-46-52)48-42-34-32-30-28-26-24-22-20-18-16-14-12-10-8-6-4-2/h7-10,35-40,43-46H,3-6,11-34,41-42,47-50H2,1-2H3/q+1/b9-7+,10-8+. The lowest BCUT2D eigenvalue weighted by Gasteiger charge is -2.39. The molecule has 0 spiro atoms. The summed E-state index contributed by atoms with van der Waals surface area (Å²) in [6.07, 6.45) is 51.3. The maximum Gasteiger partial charge on any atom is 0.105 e. The van der Waals surface area contributed by atoms with Gasteiger partial charge in [0.1, 0.15) is 13.1 Å². The topological polar surface area (TPSA) is 0 Å². The van der Waals surface area contributed by atoms with Crippen molar-refractivity contribution in [1.82, 2.24) is 0 Å². The number of hydrogen-bond acceptors (Lipinski definition) is 0. The highest BCUT2D eigenvalue weighted by molar-refractivity contribution is 5.15. The van der Waals surface area contributed by atoms with E-state index in [1.54, 1.807) is 0 Å². The number of hydrogen-bond donors (Lipinski definition) is 0. The number of unbranched alkanes of at least 4 members (excludes halogenated alkanes) is 26. The summed E-state index contributed by atoms with van der Waals surface area (Å²) in [6, 6.07) is 22.8. The molecular formula is C52H88N+. The highest BCUT2D eigenvalue weighted by Crippen LogP contribution is 2.24. The van der Waals surface area contributed by atoms with Crippen LogP contribution in [0.25, 0.3) is 0 Å². The van der Waals surface area contributed by atoms with Crippen LogP contribution in [0.4, 0.5) is 0 Å². The van der Waals surface area contributed by atoms with Gasteiger partial charge in [0.15, 0.2) is 0 Å². The Balaban J connectivity index is 1.67. The Morgan fingerprint density at radius 2 is 0.585 bits per heavy atom. The summed E-state index contributed by atoms with van der Waals surface area (Å²) in [6.45, 7) is 9.48. The zero-order valence-corrected chi connectivity index (χ0v) is 35.6. The summed E-state index contributed by atoms with van der Waals surface area (Å²) in [7, 11) is 0. The Bertz CT molecular complexity index is 981. The Hall–Kier alpha value is -2.12. The second-order valence-electron chi connectivity index (χ2n) is 16.7. The van der Waals surface area contributed by atoms with Crippen molar-refractivity contribution >= 4 is 0 Å². The van der Waals surface area contributed by atoms with Gasteiger partial charge in [0.05, 0.1) is 13.1 Å². The van der Waals surface area contributed by atoms with Gasteiger partial charge in [-0.05, 0) is 64.2 Å². The average Bonchev–Trinajstić information content (AvgIpc) is 3.18. The second-order valence-corrected chi connectivity index (χ2v) is 16.7. The molecule has 2 rings (SSSR count). The third kappa shape index (κ3) is 28.0. The molecule has 0 fully saturated rings. The van der Waals surface area contributed by atoms with E-state index in [9.17, 15) is 0 Å². The van der Waals surface area contributed by atoms with E-state index in [0.29, 0.717) is 0 Å². The molecule has 0 amide bonds. The van der Waals surface area contributed by atoms with E-state index in [0.717, 1.165) is 0 Å². The number of quaternary nitrogens is 1. The van der Waals surface area contributed by atoms with Crippen LogP contribution in [0.1, 0.15) is 218 Å². The number of benzene rings is 2. The van der Waals surface area contributed by atoms with E-state index in [-0.39, 0.29) is 0 Å². The van der Waals surface area contributed by atoms with Gasteiger partial charge in [0.2, 0.25) is 0 Å². The van der Waals surface area contributed by atoms with Crippen molar-refractivity contribution in [3.8, 4) is 0 Å². The number of allylic oxidation sites excluding steroid dienone is 4. The lowest BCUT2D eigenvalue weighted by molar-refractivity contribution is -0.954. The second kappa shape index (κ2) is 35.6. The molecule has 0 aliphatic rings. The lowest BCUT2D eigenvalue weighted by atomic mass is 10.0. The fraction of sp³-hybridized carbons (Fsp3) is 0.692. The molecular weight excluding hydrogens is 639 g/mol. The van der Waals surface area contributed by atoms with E-state index < -0.39 is 0 Å². The molecule has 0 saturated carbocycles. The van der Waals surface area contributed by atoms with Gasteiger partial charge in [-0.2, -0.15) is 0 Å². The van der Waals surface area contributed by atoms with Crippen LogP contribution >= 0.6 is 0 Å². The predicted octanol–water partition coefficient (Wildman–Crippen LogP) is 17.1. The molecule has 0 N–H and O–H groups in total. The van der Waals surface area contributed by atoms with Gasteiger partial charge >= 0.3 is 0 Å². The SMILES string of the molecule is CCC/C=C/CCCCCCCCCCCCCC[N+](CCCCCCCCCCCCCC/C=C/CCC)(Cc1ccccc1)Cc1ccccc1. The van der Waals surface area contributed by atoms with Crippen molar-refractivity contribution in [1.29, 1.82) is 0 Å². The van der Waals surface area contributed by atoms with Crippen molar-refractivity contribution in [2.75, 3.05) is 13.1 Å². The van der Waals surface area contributed by atoms with Crippen LogP contribution in [-0.2, 0) is 13.1 Å². The number of rotatable bonds is 38. The summed E-state index contributed by atoms with van der Waals surface area (Å²) >= 11 is 0. The molecule has 0 unspecified atom stereocenters. The summed E-state index contributed by atoms with van der Waals surface area (Å²) in [5.41, 5.74) is 3.02. The van der Waals surface area contributed by atoms with Crippen LogP contribution in [0.5, 0.6) is 0 Å². The van der Waals surface area contributed by atoms with E-state index in [4.69, 9.17) is 0 Å². The van der Waals surface area contributed by atoms with E-state index in [1.165, 1.54) is 234 Å². The van der Waals surface area contributed by atoms with Crippen molar-refractivity contribution < 1.29 is 4.48 Å². The third-order valence-corrected chi connectivity index (χ3v) is 11.5. The lowest BCUT2D eigenvalue weighted by Crippen LogP contribution is -2.48. The zero-order valence-electron chi connectivity index (χ0n) is 35.6. The van der Waals surface area contributed by atoms with Crippen LogP contribution in [0, 0.1) is 0 Å². The van der Waals surface area contributed by atoms with E-state index >= 15 is 0 Å². The highest BCUT2D eigenvalue weighted by Gasteiger charge is 2.27. The fourth-order valence-electron chi connectivity index (χ4n) is 8.18. The molecule has 300 valence electrons. The summed E-state index contributed by atoms with van der Waals surface area (Å²) in [5, 5.41) is 0. The number of nitrogens with zero attached hydrogens (tertiary/aromatic N) is 1. The molecule has 0 aromatic heterocycles. The molecule has 0 radical (unpaired) electrons. The Morgan fingerprint density at radius 3 is 0.887 bits per heavy atom. The first-order valence-corrected chi connectivity index (χ1v) is 23.5. The van der Waals surface area contributed by atoms with Crippen LogP contribution < -0.4 is 0 Å². The third-order valence-electron chi connectivity index (χ3n) is 11.5. The Kier molecular flexibility index (Phi) is 31.6. The molecule has 0 saturated heterocycles. The first kappa shape index (κ1) is 47.0. The van der Waals surface area contributed by atoms with Gasteiger partial charge in [-0.25, -0.2) is 0 Å². The van der Waals surface area contributed by atoms with Crippen LogP contribution in [0.15, 0.2) is 85.0 Å². The molecule has 0 bridgehead atoms. The summed E-state index contributed by atoms with van der Waals surface area (Å²) < 4.78 is 1.22. The minimum Gasteiger partial charge on any atom is -0.316 e. The summed E-state index contributed by atoms with van der Waals surface area (Å²) in [5.74, 6) is 0. The minimum atomic E-state index is 1.17. The maximum atomic E-state index is 2.40. The van der Waals surface area contributed by atoms with Gasteiger partial charge in [-0.15, -0.1) is 0 Å². The van der Waals surface area contributed by atoms with Crippen molar-refractivity contribution in [3.63, 3.8) is 0 Å². The molecule has 0 heterocycles. The van der Waals surface area contributed by atoms with Gasteiger partial charge < -0.3 is 4.48 Å². The van der Waals surface area contributed by atoms with Crippen LogP contribution in [0.3, 0.4) is 0 Å². The van der Waals surface area contributed by atoms with E-state index in [1.807, 2.05) is 0 Å². The maximum absolute atomic E-state index is 2.40. The molecule has 0 aliphatic carbocycles. The molecule has 2 aromatic carbocycles. The molecule has 0 aliphatic heterocycles. The quantitative estimate of drug-likeness (QED) is 0.0367. The molecule has 1 nitrogen and oxygen atoms in total. The van der Waals surface area contributed by atoms with Gasteiger partial charge in [0, 0.05) is 11.1 Å². The van der Waals surface area contributed by atoms with Gasteiger partial charge in [-0.1, -0.05) is 227 Å². The smallest absolute Gasteiger partial charge is 0.105 e. The van der Waals surface area contributed by atoms with Crippen molar-refractivity contribution in [2.45, 2.75) is 220 Å². The fourth-order valence-corrected chi connectivity index (χ4v) is 8.18. The average molecular weight is 727 g/mol. The largest absolute Gasteiger partial charge is 0.316 e. The molecule has 2 aromatic rings. The molecule has 0 atom stereocenters. The van der Waals surface area contributed by atoms with Crippen molar-refractivity contribution in [2.24, 2.45) is 0 Å². The Labute approximate surface area is 332 Å². The predicted molar refractivity (Wildman–Crippen MR) is 238 cm³/mol. The van der Waals surface area contributed by atoms with E-state index in [2.05, 4.69) is 98.8 Å². The van der Waals surface area contributed by atoms with Crippen molar-refractivity contribution in [3.05, 3.63) is 96.1 Å². The minimum absolute atomic E-state index is 1.17. The highest BCUT2D eigenvalue weighted by atomic mass is 15.3. The monoisotopic (exact) mass is 727 g/mol. The molecule has 1 heteroatoms.